The summed E-state index contributed by atoms with van der Waals surface area (Å²) < 4.78 is 0. The Kier molecular flexibility index (Phi) is 6.27. The van der Waals surface area contributed by atoms with Gasteiger partial charge in [-0.3, -0.25) is 15.6 Å². The van der Waals surface area contributed by atoms with Crippen LogP contribution in [0.5, 0.6) is 0 Å². The van der Waals surface area contributed by atoms with Gasteiger partial charge in [-0.2, -0.15) is 0 Å². The number of nitrogens with two attached hydrogens (primary N) is 1. The third-order valence-corrected chi connectivity index (χ3v) is 5.96. The van der Waals surface area contributed by atoms with Gasteiger partial charge in [0.05, 0.1) is 11.6 Å². The van der Waals surface area contributed by atoms with Gasteiger partial charge < -0.3 is 11.1 Å². The molecule has 0 radical (unpaired) electrons. The Balaban J connectivity index is 1.52. The van der Waals surface area contributed by atoms with E-state index in [0.29, 0.717) is 16.8 Å². The molecule has 0 aliphatic carbocycles. The molecule has 0 bridgehead atoms. The minimum Gasteiger partial charge on any atom is -0.393 e. The van der Waals surface area contributed by atoms with Gasteiger partial charge in [0.2, 0.25) is 5.91 Å². The molecule has 0 unspecified atom stereocenters. The number of hydrazine groups is 1. The molecule has 1 amide bonds. The van der Waals surface area contributed by atoms with Crippen LogP contribution in [-0.4, -0.2) is 20.9 Å². The Labute approximate surface area is 189 Å². The van der Waals surface area contributed by atoms with Crippen molar-refractivity contribution in [2.45, 2.75) is 19.8 Å². The number of aromatic nitrogens is 3. The van der Waals surface area contributed by atoms with Crippen molar-refractivity contribution >= 4 is 39.7 Å². The van der Waals surface area contributed by atoms with Crippen LogP contribution in [0.2, 0.25) is 0 Å². The first-order chi connectivity index (χ1) is 15.5. The molecule has 0 aliphatic heterocycles. The van der Waals surface area contributed by atoms with Crippen molar-refractivity contribution in [2.75, 3.05) is 16.5 Å². The summed E-state index contributed by atoms with van der Waals surface area (Å²) in [4.78, 5) is 27.1. The number of hydrogen-bond acceptors (Lipinski definition) is 8. The lowest BCUT2D eigenvalue weighted by Crippen LogP contribution is -2.35. The Morgan fingerprint density at radius 1 is 0.938 bits per heavy atom. The summed E-state index contributed by atoms with van der Waals surface area (Å²) in [6.45, 7) is 3.94. The van der Waals surface area contributed by atoms with Gasteiger partial charge in [-0.15, -0.1) is 11.3 Å². The fourth-order valence-electron chi connectivity index (χ4n) is 3.20. The van der Waals surface area contributed by atoms with Crippen molar-refractivity contribution in [3.8, 4) is 0 Å². The molecule has 0 aliphatic rings. The van der Waals surface area contributed by atoms with Gasteiger partial charge in [-0.05, 0) is 25.0 Å². The van der Waals surface area contributed by atoms with E-state index in [1.54, 1.807) is 0 Å². The van der Waals surface area contributed by atoms with Crippen molar-refractivity contribution in [1.82, 2.24) is 20.4 Å². The van der Waals surface area contributed by atoms with Crippen LogP contribution in [-0.2, 0) is 4.79 Å². The highest BCUT2D eigenvalue weighted by atomic mass is 32.1. The Bertz CT molecular complexity index is 1150. The van der Waals surface area contributed by atoms with Crippen molar-refractivity contribution in [3.63, 3.8) is 0 Å². The largest absolute Gasteiger partial charge is 0.393 e. The molecule has 8 nitrogen and oxygen atoms in total. The maximum absolute atomic E-state index is 13.2. The molecule has 0 atom stereocenters. The second kappa shape index (κ2) is 9.44. The van der Waals surface area contributed by atoms with Gasteiger partial charge in [0.1, 0.15) is 12.0 Å². The van der Waals surface area contributed by atoms with E-state index >= 15 is 0 Å². The zero-order valence-electron chi connectivity index (χ0n) is 17.7. The number of benzene rings is 2. The molecule has 4 rings (SSSR count). The fraction of sp³-hybridized carbons (Fsp3) is 0.130. The van der Waals surface area contributed by atoms with Gasteiger partial charge in [-0.1, -0.05) is 60.7 Å². The molecular weight excluding hydrogens is 422 g/mol. The van der Waals surface area contributed by atoms with E-state index in [4.69, 9.17) is 5.73 Å². The van der Waals surface area contributed by atoms with Crippen molar-refractivity contribution in [1.29, 1.82) is 0 Å². The summed E-state index contributed by atoms with van der Waals surface area (Å²) in [5, 5.41) is 3.80. The van der Waals surface area contributed by atoms with Crippen molar-refractivity contribution in [2.24, 2.45) is 0 Å². The van der Waals surface area contributed by atoms with E-state index in [1.165, 1.54) is 17.7 Å². The molecule has 9 heteroatoms. The van der Waals surface area contributed by atoms with Crippen LogP contribution in [0.15, 0.2) is 67.0 Å². The van der Waals surface area contributed by atoms with Gasteiger partial charge in [0.25, 0.3) is 0 Å². The molecule has 2 aromatic carbocycles. The molecule has 162 valence electrons. The molecule has 0 fully saturated rings. The van der Waals surface area contributed by atoms with Crippen molar-refractivity contribution in [3.05, 3.63) is 88.7 Å². The van der Waals surface area contributed by atoms with E-state index in [2.05, 4.69) is 31.1 Å². The number of nitrogens with one attached hydrogen (secondary N) is 3. The number of nitrogens with zero attached hydrogens (tertiary/aromatic N) is 3. The summed E-state index contributed by atoms with van der Waals surface area (Å²) in [6, 6.07) is 19.2. The molecule has 0 saturated heterocycles. The highest BCUT2D eigenvalue weighted by molar-refractivity contribution is 7.15. The highest BCUT2D eigenvalue weighted by Crippen LogP contribution is 2.29. The first-order valence-electron chi connectivity index (χ1n) is 10.00. The van der Waals surface area contributed by atoms with Crippen LogP contribution in [0.1, 0.15) is 27.6 Å². The van der Waals surface area contributed by atoms with E-state index in [9.17, 15) is 4.79 Å². The van der Waals surface area contributed by atoms with Crippen LogP contribution in [0.3, 0.4) is 0 Å². The predicted molar refractivity (Wildman–Crippen MR) is 128 cm³/mol. The monoisotopic (exact) mass is 445 g/mol. The Morgan fingerprint density at radius 3 is 2.09 bits per heavy atom. The van der Waals surface area contributed by atoms with E-state index in [0.717, 1.165) is 21.7 Å². The molecule has 32 heavy (non-hydrogen) atoms. The maximum Gasteiger partial charge on any atom is 0.250 e. The lowest BCUT2D eigenvalue weighted by Gasteiger charge is -2.19. The Morgan fingerprint density at radius 2 is 1.53 bits per heavy atom. The van der Waals surface area contributed by atoms with Crippen LogP contribution < -0.4 is 21.9 Å². The van der Waals surface area contributed by atoms with Gasteiger partial charge in [0, 0.05) is 4.88 Å². The standard InChI is InChI=1S/C23H23N7OS/c1-14-15(2)32-23(27-14)28-20-19(24)21(26-13-25-20)29-30-22(31)18(16-9-5-3-6-10-16)17-11-7-4-8-12-17/h3-13,18H,24H2,1-2H3,(H,30,31)(H2,25,26,27,28,29). The lowest BCUT2D eigenvalue weighted by molar-refractivity contribution is -0.121. The van der Waals surface area contributed by atoms with Crippen LogP contribution in [0.25, 0.3) is 0 Å². The summed E-state index contributed by atoms with van der Waals surface area (Å²) in [6.07, 6.45) is 1.37. The number of amides is 1. The zero-order chi connectivity index (χ0) is 22.5. The Hall–Kier alpha value is -3.98. The molecule has 0 spiro atoms. The number of hydrogen-bond donors (Lipinski definition) is 4. The molecule has 0 saturated carbocycles. The number of anilines is 4. The number of carbonyl (C=O) groups excluding carboxylic acids is 1. The molecule has 2 heterocycles. The molecular formula is C23H23N7OS. The molecule has 2 aromatic heterocycles. The molecule has 5 N–H and O–H groups in total. The summed E-state index contributed by atoms with van der Waals surface area (Å²) in [7, 11) is 0. The third kappa shape index (κ3) is 4.68. The van der Waals surface area contributed by atoms with Gasteiger partial charge in [0.15, 0.2) is 16.8 Å². The number of nitrogen functional groups attached to an aromatic ring is 1. The normalized spacial score (nSPS) is 10.7. The summed E-state index contributed by atoms with van der Waals surface area (Å²) >= 11 is 1.51. The minimum absolute atomic E-state index is 0.235. The van der Waals surface area contributed by atoms with Crippen LogP contribution in [0, 0.1) is 13.8 Å². The van der Waals surface area contributed by atoms with E-state index in [1.807, 2.05) is 74.5 Å². The average molecular weight is 446 g/mol. The number of thiazole rings is 1. The third-order valence-electron chi connectivity index (χ3n) is 4.97. The SMILES string of the molecule is Cc1nc(Nc2ncnc(NNC(=O)C(c3ccccc3)c3ccccc3)c2N)sc1C. The first kappa shape index (κ1) is 21.3. The number of carbonyl (C=O) groups is 1. The fourth-order valence-corrected chi connectivity index (χ4v) is 4.02. The van der Waals surface area contributed by atoms with E-state index in [-0.39, 0.29) is 11.6 Å². The topological polar surface area (TPSA) is 118 Å². The van der Waals surface area contributed by atoms with Crippen LogP contribution >= 0.6 is 11.3 Å². The quantitative estimate of drug-likeness (QED) is 0.316. The molecule has 4 aromatic rings. The maximum atomic E-state index is 13.2. The summed E-state index contributed by atoms with van der Waals surface area (Å²) in [5.41, 5.74) is 14.8. The second-order valence-corrected chi connectivity index (χ2v) is 8.34. The number of aryl methyl sites for hydroxylation is 2. The summed E-state index contributed by atoms with van der Waals surface area (Å²) in [5.74, 6) is -0.0261. The van der Waals surface area contributed by atoms with Crippen LogP contribution in [0.4, 0.5) is 22.5 Å². The average Bonchev–Trinajstić information content (AvgIpc) is 3.12. The number of rotatable bonds is 7. The zero-order valence-corrected chi connectivity index (χ0v) is 18.5. The first-order valence-corrected chi connectivity index (χ1v) is 10.8. The highest BCUT2D eigenvalue weighted by Gasteiger charge is 2.23. The van der Waals surface area contributed by atoms with Crippen molar-refractivity contribution < 1.29 is 4.79 Å². The lowest BCUT2D eigenvalue weighted by atomic mass is 9.91. The predicted octanol–water partition coefficient (Wildman–Crippen LogP) is 4.15. The minimum atomic E-state index is -0.494. The van der Waals surface area contributed by atoms with E-state index < -0.39 is 5.92 Å². The van der Waals surface area contributed by atoms with Gasteiger partial charge in [-0.25, -0.2) is 15.0 Å². The smallest absolute Gasteiger partial charge is 0.250 e. The second-order valence-electron chi connectivity index (χ2n) is 7.14. The van der Waals surface area contributed by atoms with Gasteiger partial charge >= 0.3 is 0 Å².